The van der Waals surface area contributed by atoms with E-state index in [2.05, 4.69) is 42.4 Å². The molecule has 0 atom stereocenters. The summed E-state index contributed by atoms with van der Waals surface area (Å²) in [6.07, 6.45) is 1.84. The third-order valence-electron chi connectivity index (χ3n) is 3.25. The molecule has 2 N–H and O–H groups in total. The van der Waals surface area contributed by atoms with Gasteiger partial charge in [0.15, 0.2) is 0 Å². The number of rotatable bonds is 1. The summed E-state index contributed by atoms with van der Waals surface area (Å²) in [7, 11) is 1.94. The van der Waals surface area contributed by atoms with Crippen molar-refractivity contribution in [2.24, 2.45) is 7.05 Å². The molecule has 18 heavy (non-hydrogen) atoms. The Labute approximate surface area is 106 Å². The molecular formula is C15H15N3. The molecule has 0 aliphatic rings. The second kappa shape index (κ2) is 3.88. The lowest BCUT2D eigenvalue weighted by Crippen LogP contribution is -1.93. The summed E-state index contributed by atoms with van der Waals surface area (Å²) in [6.45, 7) is 2.09. The van der Waals surface area contributed by atoms with Crippen LogP contribution in [-0.2, 0) is 7.05 Å². The molecule has 0 bridgehead atoms. The van der Waals surface area contributed by atoms with Gasteiger partial charge in [-0.25, -0.2) is 0 Å². The van der Waals surface area contributed by atoms with Crippen LogP contribution in [0.4, 0.5) is 5.69 Å². The number of hydrogen-bond acceptors (Lipinski definition) is 2. The average Bonchev–Trinajstić information content (AvgIpc) is 2.69. The smallest absolute Gasteiger partial charge is 0.0686 e. The van der Waals surface area contributed by atoms with Crippen molar-refractivity contribution in [3.8, 4) is 11.1 Å². The summed E-state index contributed by atoms with van der Waals surface area (Å²) < 4.78 is 1.87. The summed E-state index contributed by atoms with van der Waals surface area (Å²) in [5.74, 6) is 0. The van der Waals surface area contributed by atoms with Gasteiger partial charge in [-0.15, -0.1) is 0 Å². The number of aromatic nitrogens is 2. The summed E-state index contributed by atoms with van der Waals surface area (Å²) in [6, 6.07) is 12.5. The second-order valence-corrected chi connectivity index (χ2v) is 4.64. The normalized spacial score (nSPS) is 11.0. The molecule has 0 saturated heterocycles. The molecule has 90 valence electrons. The van der Waals surface area contributed by atoms with Crippen molar-refractivity contribution in [1.82, 2.24) is 9.78 Å². The van der Waals surface area contributed by atoms with Crippen molar-refractivity contribution in [1.29, 1.82) is 0 Å². The van der Waals surface area contributed by atoms with E-state index in [1.54, 1.807) is 0 Å². The molecule has 0 saturated carbocycles. The van der Waals surface area contributed by atoms with Gasteiger partial charge >= 0.3 is 0 Å². The van der Waals surface area contributed by atoms with Gasteiger partial charge in [0.25, 0.3) is 0 Å². The lowest BCUT2D eigenvalue weighted by atomic mass is 10.0. The third-order valence-corrected chi connectivity index (χ3v) is 3.25. The summed E-state index contributed by atoms with van der Waals surface area (Å²) in [5.41, 5.74) is 11.5. The van der Waals surface area contributed by atoms with Crippen molar-refractivity contribution in [2.45, 2.75) is 6.92 Å². The predicted molar refractivity (Wildman–Crippen MR) is 75.3 cm³/mol. The van der Waals surface area contributed by atoms with E-state index in [1.807, 2.05) is 24.0 Å². The van der Waals surface area contributed by atoms with Crippen molar-refractivity contribution >= 4 is 16.6 Å². The summed E-state index contributed by atoms with van der Waals surface area (Å²) in [4.78, 5) is 0. The van der Waals surface area contributed by atoms with Crippen LogP contribution in [0.1, 0.15) is 5.56 Å². The first-order valence-corrected chi connectivity index (χ1v) is 5.93. The Balaban J connectivity index is 2.28. The van der Waals surface area contributed by atoms with Gasteiger partial charge < -0.3 is 5.73 Å². The third kappa shape index (κ3) is 1.64. The van der Waals surface area contributed by atoms with Gasteiger partial charge in [0.05, 0.1) is 11.7 Å². The minimum Gasteiger partial charge on any atom is -0.398 e. The molecule has 3 aromatic rings. The number of anilines is 1. The van der Waals surface area contributed by atoms with Crippen LogP contribution >= 0.6 is 0 Å². The number of nitrogens with two attached hydrogens (primary N) is 1. The fourth-order valence-electron chi connectivity index (χ4n) is 2.28. The second-order valence-electron chi connectivity index (χ2n) is 4.64. The van der Waals surface area contributed by atoms with Crippen LogP contribution < -0.4 is 5.73 Å². The summed E-state index contributed by atoms with van der Waals surface area (Å²) in [5, 5.41) is 5.33. The SMILES string of the molecule is Cc1cccc(-c2cc3c(cnn3C)cc2N)c1. The van der Waals surface area contributed by atoms with Crippen molar-refractivity contribution in [2.75, 3.05) is 5.73 Å². The lowest BCUT2D eigenvalue weighted by Gasteiger charge is -2.08. The van der Waals surface area contributed by atoms with Crippen LogP contribution in [-0.4, -0.2) is 9.78 Å². The van der Waals surface area contributed by atoms with Crippen LogP contribution in [0.3, 0.4) is 0 Å². The van der Waals surface area contributed by atoms with Gasteiger partial charge in [-0.1, -0.05) is 29.8 Å². The molecule has 0 spiro atoms. The molecule has 0 unspecified atom stereocenters. The largest absolute Gasteiger partial charge is 0.398 e. The zero-order valence-corrected chi connectivity index (χ0v) is 10.5. The van der Waals surface area contributed by atoms with Gasteiger partial charge in [-0.3, -0.25) is 4.68 Å². The van der Waals surface area contributed by atoms with Gasteiger partial charge in [-0.05, 0) is 24.6 Å². The molecule has 1 aromatic heterocycles. The van der Waals surface area contributed by atoms with E-state index in [-0.39, 0.29) is 0 Å². The van der Waals surface area contributed by atoms with Crippen molar-refractivity contribution in [3.05, 3.63) is 48.2 Å². The fraction of sp³-hybridized carbons (Fsp3) is 0.133. The molecule has 3 heteroatoms. The highest BCUT2D eigenvalue weighted by Gasteiger charge is 2.07. The molecule has 2 aromatic carbocycles. The fourth-order valence-corrected chi connectivity index (χ4v) is 2.28. The first-order chi connectivity index (χ1) is 8.65. The average molecular weight is 237 g/mol. The van der Waals surface area contributed by atoms with Gasteiger partial charge in [-0.2, -0.15) is 5.10 Å². The Morgan fingerprint density at radius 1 is 1.17 bits per heavy atom. The minimum absolute atomic E-state index is 0.793. The Morgan fingerprint density at radius 2 is 2.00 bits per heavy atom. The first kappa shape index (κ1) is 10.8. The Bertz CT molecular complexity index is 726. The van der Waals surface area contributed by atoms with E-state index in [0.717, 1.165) is 27.7 Å². The lowest BCUT2D eigenvalue weighted by molar-refractivity contribution is 0.797. The van der Waals surface area contributed by atoms with Crippen molar-refractivity contribution < 1.29 is 0 Å². The van der Waals surface area contributed by atoms with E-state index in [1.165, 1.54) is 5.56 Å². The zero-order chi connectivity index (χ0) is 12.7. The number of nitrogen functional groups attached to an aromatic ring is 1. The molecule has 3 rings (SSSR count). The molecule has 0 amide bonds. The maximum Gasteiger partial charge on any atom is 0.0686 e. The quantitative estimate of drug-likeness (QED) is 0.661. The minimum atomic E-state index is 0.793. The Kier molecular flexibility index (Phi) is 2.33. The van der Waals surface area contributed by atoms with Crippen LogP contribution in [0.5, 0.6) is 0 Å². The summed E-state index contributed by atoms with van der Waals surface area (Å²) >= 11 is 0. The molecule has 1 heterocycles. The molecule has 0 radical (unpaired) electrons. The highest BCUT2D eigenvalue weighted by Crippen LogP contribution is 2.30. The van der Waals surface area contributed by atoms with Crippen LogP contribution in [0.2, 0.25) is 0 Å². The monoisotopic (exact) mass is 237 g/mol. The molecule has 3 nitrogen and oxygen atoms in total. The molecular weight excluding hydrogens is 222 g/mol. The first-order valence-electron chi connectivity index (χ1n) is 5.93. The Morgan fingerprint density at radius 3 is 2.78 bits per heavy atom. The number of benzene rings is 2. The number of hydrogen-bond donors (Lipinski definition) is 1. The molecule has 0 fully saturated rings. The van der Waals surface area contributed by atoms with Gasteiger partial charge in [0, 0.05) is 23.7 Å². The number of nitrogens with zero attached hydrogens (tertiary/aromatic N) is 2. The molecule has 0 aliphatic carbocycles. The number of aryl methyl sites for hydroxylation is 2. The highest BCUT2D eigenvalue weighted by atomic mass is 15.2. The van der Waals surface area contributed by atoms with Crippen LogP contribution in [0.25, 0.3) is 22.0 Å². The maximum absolute atomic E-state index is 6.14. The zero-order valence-electron chi connectivity index (χ0n) is 10.5. The maximum atomic E-state index is 6.14. The van der Waals surface area contributed by atoms with E-state index in [4.69, 9.17) is 5.73 Å². The Hall–Kier alpha value is -2.29. The van der Waals surface area contributed by atoms with E-state index >= 15 is 0 Å². The predicted octanol–water partition coefficient (Wildman–Crippen LogP) is 3.13. The van der Waals surface area contributed by atoms with E-state index < -0.39 is 0 Å². The van der Waals surface area contributed by atoms with Gasteiger partial charge in [0.2, 0.25) is 0 Å². The van der Waals surface area contributed by atoms with Crippen molar-refractivity contribution in [3.63, 3.8) is 0 Å². The van der Waals surface area contributed by atoms with Gasteiger partial charge in [0.1, 0.15) is 0 Å². The van der Waals surface area contributed by atoms with E-state index in [0.29, 0.717) is 0 Å². The molecule has 0 aliphatic heterocycles. The number of fused-ring (bicyclic) bond motifs is 1. The highest BCUT2D eigenvalue weighted by molar-refractivity contribution is 5.91. The van der Waals surface area contributed by atoms with Crippen LogP contribution in [0, 0.1) is 6.92 Å². The van der Waals surface area contributed by atoms with Crippen LogP contribution in [0.15, 0.2) is 42.6 Å². The topological polar surface area (TPSA) is 43.8 Å². The van der Waals surface area contributed by atoms with E-state index in [9.17, 15) is 0 Å². The standard InChI is InChI=1S/C15H15N3/c1-10-4-3-5-11(6-10)13-8-15-12(7-14(13)16)9-17-18(15)2/h3-9H,16H2,1-2H3.